The molecule has 0 heterocycles. The number of carbonyl (C=O) groups excluding carboxylic acids is 1. The van der Waals surface area contributed by atoms with E-state index in [9.17, 15) is 4.79 Å². The Balaban J connectivity index is 2.35. The smallest absolute Gasteiger partial charge is 0.192 e. The number of Topliss-reactive ketones (excluding diaryl/α,β-unsaturated/α-hetero) is 1. The lowest BCUT2D eigenvalue weighted by atomic mass is 10.1. The van der Waals surface area contributed by atoms with Crippen molar-refractivity contribution < 1.29 is 9.22 Å². The van der Waals surface area contributed by atoms with Gasteiger partial charge in [-0.2, -0.15) is 0 Å². The van der Waals surface area contributed by atoms with Crippen molar-refractivity contribution in [3.05, 3.63) is 11.0 Å². The van der Waals surface area contributed by atoms with Crippen molar-refractivity contribution in [3.8, 4) is 0 Å². The van der Waals surface area contributed by atoms with Gasteiger partial charge in [0.05, 0.1) is 6.10 Å². The molecule has 0 N–H and O–H groups in total. The van der Waals surface area contributed by atoms with Crippen molar-refractivity contribution in [1.82, 2.24) is 0 Å². The number of unbranched alkanes of at least 4 members (excludes halogenated alkanes) is 5. The number of ketones is 1. The molecule has 0 bridgehead atoms. The van der Waals surface area contributed by atoms with Crippen molar-refractivity contribution in [1.29, 1.82) is 0 Å². The monoisotopic (exact) mass is 356 g/mol. The van der Waals surface area contributed by atoms with Gasteiger partial charge in [-0.1, -0.05) is 59.8 Å². The fourth-order valence-electron chi connectivity index (χ4n) is 2.43. The molecule has 0 aliphatic heterocycles. The van der Waals surface area contributed by atoms with E-state index in [1.165, 1.54) is 38.5 Å². The van der Waals surface area contributed by atoms with Gasteiger partial charge in [-0.25, -0.2) is 0 Å². The minimum Gasteiger partial charge on any atom is -0.410 e. The van der Waals surface area contributed by atoms with Gasteiger partial charge in [-0.05, 0) is 36.4 Å². The molecular formula is C19H36O2SSi. The van der Waals surface area contributed by atoms with Crippen LogP contribution in [0.4, 0.5) is 0 Å². The van der Waals surface area contributed by atoms with E-state index in [2.05, 4.69) is 46.9 Å². The van der Waals surface area contributed by atoms with Crippen LogP contribution in [-0.4, -0.2) is 26.0 Å². The first-order chi connectivity index (χ1) is 10.7. The van der Waals surface area contributed by atoms with Gasteiger partial charge in [0.1, 0.15) is 0 Å². The van der Waals surface area contributed by atoms with Gasteiger partial charge in [0.25, 0.3) is 0 Å². The van der Waals surface area contributed by atoms with Crippen LogP contribution in [0.25, 0.3) is 0 Å². The maximum atomic E-state index is 12.2. The Bertz CT molecular complexity index is 410. The van der Waals surface area contributed by atoms with Crippen LogP contribution < -0.4 is 0 Å². The van der Waals surface area contributed by atoms with Crippen molar-refractivity contribution in [2.75, 3.05) is 5.75 Å². The highest BCUT2D eigenvalue weighted by atomic mass is 32.2. The van der Waals surface area contributed by atoms with E-state index < -0.39 is 8.32 Å². The van der Waals surface area contributed by atoms with Gasteiger partial charge >= 0.3 is 0 Å². The molecule has 0 spiro atoms. The van der Waals surface area contributed by atoms with Crippen molar-refractivity contribution in [3.63, 3.8) is 0 Å². The van der Waals surface area contributed by atoms with Crippen LogP contribution in [0, 0.1) is 0 Å². The van der Waals surface area contributed by atoms with Gasteiger partial charge in [0.2, 0.25) is 0 Å². The second-order valence-electron chi connectivity index (χ2n) is 8.19. The zero-order valence-corrected chi connectivity index (χ0v) is 17.9. The normalized spacial score (nSPS) is 19.3. The number of rotatable bonds is 10. The average molecular weight is 357 g/mol. The summed E-state index contributed by atoms with van der Waals surface area (Å²) in [5.74, 6) is 1.35. The summed E-state index contributed by atoms with van der Waals surface area (Å²) in [6, 6.07) is 0. The number of hydrogen-bond acceptors (Lipinski definition) is 3. The van der Waals surface area contributed by atoms with Crippen LogP contribution >= 0.6 is 11.8 Å². The van der Waals surface area contributed by atoms with Crippen molar-refractivity contribution >= 4 is 25.9 Å². The molecule has 4 heteroatoms. The number of hydrogen-bond donors (Lipinski definition) is 0. The summed E-state index contributed by atoms with van der Waals surface area (Å²) in [6.07, 6.45) is 10.5. The molecule has 1 unspecified atom stereocenters. The molecule has 2 nitrogen and oxygen atoms in total. The summed E-state index contributed by atoms with van der Waals surface area (Å²) >= 11 is 1.74. The lowest BCUT2D eigenvalue weighted by Crippen LogP contribution is -2.43. The SMILES string of the molecule is CCCCCCCCSC1=CC(O[Si](C)(C)C(C)(C)C)CC1=O. The molecule has 134 valence electrons. The van der Waals surface area contributed by atoms with E-state index in [4.69, 9.17) is 4.43 Å². The van der Waals surface area contributed by atoms with Crippen LogP contribution in [0.5, 0.6) is 0 Å². The van der Waals surface area contributed by atoms with E-state index in [-0.39, 0.29) is 16.9 Å². The number of carbonyl (C=O) groups is 1. The first-order valence-corrected chi connectivity index (χ1v) is 13.1. The third-order valence-corrected chi connectivity index (χ3v) is 10.7. The summed E-state index contributed by atoms with van der Waals surface area (Å²) in [5.41, 5.74) is 0. The number of thioether (sulfide) groups is 1. The molecule has 1 atom stereocenters. The fourth-order valence-corrected chi connectivity index (χ4v) is 4.75. The Labute approximate surface area is 149 Å². The minimum atomic E-state index is -1.79. The summed E-state index contributed by atoms with van der Waals surface area (Å²) < 4.78 is 6.36. The molecule has 0 fully saturated rings. The van der Waals surface area contributed by atoms with Crippen molar-refractivity contribution in [2.24, 2.45) is 0 Å². The Hall–Kier alpha value is -0.0631. The van der Waals surface area contributed by atoms with E-state index in [1.54, 1.807) is 11.8 Å². The maximum Gasteiger partial charge on any atom is 0.192 e. The molecule has 0 aromatic rings. The first kappa shape index (κ1) is 21.0. The van der Waals surface area contributed by atoms with E-state index >= 15 is 0 Å². The van der Waals surface area contributed by atoms with Crippen LogP contribution in [-0.2, 0) is 9.22 Å². The summed E-state index contributed by atoms with van der Waals surface area (Å²) in [4.78, 5) is 13.1. The van der Waals surface area contributed by atoms with Crippen LogP contribution in [0.1, 0.15) is 72.6 Å². The van der Waals surface area contributed by atoms with E-state index in [1.807, 2.05) is 0 Å². The molecule has 1 rings (SSSR count). The fraction of sp³-hybridized carbons (Fsp3) is 0.842. The largest absolute Gasteiger partial charge is 0.410 e. The van der Waals surface area contributed by atoms with Gasteiger partial charge in [-0.3, -0.25) is 4.79 Å². The Morgan fingerprint density at radius 2 is 1.78 bits per heavy atom. The summed E-state index contributed by atoms with van der Waals surface area (Å²) in [5, 5.41) is 0.193. The molecule has 23 heavy (non-hydrogen) atoms. The third-order valence-electron chi connectivity index (χ3n) is 5.01. The predicted octanol–water partition coefficient (Wildman–Crippen LogP) is 6.33. The molecule has 0 radical (unpaired) electrons. The lowest BCUT2D eigenvalue weighted by molar-refractivity contribution is -0.115. The van der Waals surface area contributed by atoms with Crippen LogP contribution in [0.15, 0.2) is 11.0 Å². The number of allylic oxidation sites excluding steroid dienone is 1. The standard InChI is InChI=1S/C19H36O2SSi/c1-7-8-9-10-11-12-13-22-18-15-16(14-17(18)20)21-23(5,6)19(2,3)4/h15-16H,7-14H2,1-6H3. The molecule has 0 amide bonds. The Kier molecular flexibility index (Phi) is 8.60. The average Bonchev–Trinajstić information content (AvgIpc) is 2.76. The molecule has 0 aromatic carbocycles. The van der Waals surface area contributed by atoms with Gasteiger partial charge in [-0.15, -0.1) is 11.8 Å². The van der Waals surface area contributed by atoms with Gasteiger partial charge in [0.15, 0.2) is 14.1 Å². The van der Waals surface area contributed by atoms with Gasteiger partial charge in [0, 0.05) is 11.3 Å². The highest BCUT2D eigenvalue weighted by molar-refractivity contribution is 8.04. The Morgan fingerprint density at radius 1 is 1.17 bits per heavy atom. The molecule has 0 saturated heterocycles. The lowest BCUT2D eigenvalue weighted by Gasteiger charge is -2.37. The minimum absolute atomic E-state index is 0.00967. The molecule has 0 aromatic heterocycles. The molecule has 1 aliphatic carbocycles. The van der Waals surface area contributed by atoms with Crippen LogP contribution in [0.3, 0.4) is 0 Å². The zero-order valence-electron chi connectivity index (χ0n) is 16.0. The predicted molar refractivity (Wildman–Crippen MR) is 106 cm³/mol. The third kappa shape index (κ3) is 7.14. The second-order valence-corrected chi connectivity index (χ2v) is 14.1. The Morgan fingerprint density at radius 3 is 2.39 bits per heavy atom. The summed E-state index contributed by atoms with van der Waals surface area (Å²) in [7, 11) is -1.79. The maximum absolute atomic E-state index is 12.2. The second kappa shape index (κ2) is 9.43. The van der Waals surface area contributed by atoms with Crippen molar-refractivity contribution in [2.45, 2.75) is 96.9 Å². The molecule has 0 saturated carbocycles. The highest BCUT2D eigenvalue weighted by Crippen LogP contribution is 2.39. The quantitative estimate of drug-likeness (QED) is 0.338. The zero-order chi connectivity index (χ0) is 17.5. The molecule has 1 aliphatic rings. The summed E-state index contributed by atoms with van der Waals surface area (Å²) in [6.45, 7) is 13.5. The van der Waals surface area contributed by atoms with E-state index in [0.29, 0.717) is 6.42 Å². The van der Waals surface area contributed by atoms with Crippen LogP contribution in [0.2, 0.25) is 18.1 Å². The van der Waals surface area contributed by atoms with E-state index in [0.717, 1.165) is 10.7 Å². The first-order valence-electron chi connectivity index (χ1n) is 9.23. The van der Waals surface area contributed by atoms with Gasteiger partial charge < -0.3 is 4.43 Å². The topological polar surface area (TPSA) is 26.3 Å². The highest BCUT2D eigenvalue weighted by Gasteiger charge is 2.40. The molecular weight excluding hydrogens is 320 g/mol.